The first kappa shape index (κ1) is 16.1. The van der Waals surface area contributed by atoms with Gasteiger partial charge in [-0.25, -0.2) is 4.79 Å². The predicted molar refractivity (Wildman–Crippen MR) is 77.3 cm³/mol. The Balaban J connectivity index is 2.85. The fourth-order valence-electron chi connectivity index (χ4n) is 1.74. The molecular weight excluding hydrogens is 258 g/mol. The van der Waals surface area contributed by atoms with E-state index in [1.807, 2.05) is 39.8 Å². The molecule has 1 atom stereocenters. The van der Waals surface area contributed by atoms with E-state index in [4.69, 9.17) is 14.2 Å². The highest BCUT2D eigenvalue weighted by atomic mass is 16.6. The van der Waals surface area contributed by atoms with Gasteiger partial charge in [0.05, 0.1) is 20.3 Å². The number of benzene rings is 1. The van der Waals surface area contributed by atoms with Crippen molar-refractivity contribution in [1.29, 1.82) is 0 Å². The van der Waals surface area contributed by atoms with E-state index in [2.05, 4.69) is 5.32 Å². The van der Waals surface area contributed by atoms with Gasteiger partial charge in [0.15, 0.2) is 0 Å². The van der Waals surface area contributed by atoms with Gasteiger partial charge < -0.3 is 19.5 Å². The van der Waals surface area contributed by atoms with E-state index < -0.39 is 11.7 Å². The fraction of sp³-hybridized carbons (Fsp3) is 0.533. The summed E-state index contributed by atoms with van der Waals surface area (Å²) in [5.41, 5.74) is 0.306. The summed E-state index contributed by atoms with van der Waals surface area (Å²) in [4.78, 5) is 11.8. The predicted octanol–water partition coefficient (Wildman–Crippen LogP) is 3.29. The van der Waals surface area contributed by atoms with Crippen molar-refractivity contribution in [3.05, 3.63) is 23.8 Å². The smallest absolute Gasteiger partial charge is 0.408 e. The van der Waals surface area contributed by atoms with Crippen molar-refractivity contribution in [1.82, 2.24) is 5.32 Å². The van der Waals surface area contributed by atoms with E-state index in [0.29, 0.717) is 11.5 Å². The number of ether oxygens (including phenoxy) is 3. The number of hydrogen-bond acceptors (Lipinski definition) is 4. The van der Waals surface area contributed by atoms with Gasteiger partial charge in [-0.1, -0.05) is 0 Å². The summed E-state index contributed by atoms with van der Waals surface area (Å²) >= 11 is 0. The molecular formula is C15H23NO4. The Kier molecular flexibility index (Phi) is 5.25. The van der Waals surface area contributed by atoms with Crippen LogP contribution in [0.15, 0.2) is 18.2 Å². The minimum absolute atomic E-state index is 0.255. The van der Waals surface area contributed by atoms with Crippen molar-refractivity contribution in [2.24, 2.45) is 0 Å². The lowest BCUT2D eigenvalue weighted by Crippen LogP contribution is -2.34. The van der Waals surface area contributed by atoms with E-state index in [1.54, 1.807) is 20.3 Å². The summed E-state index contributed by atoms with van der Waals surface area (Å²) in [6, 6.07) is 5.19. The van der Waals surface area contributed by atoms with Crippen molar-refractivity contribution >= 4 is 6.09 Å². The van der Waals surface area contributed by atoms with Gasteiger partial charge in [-0.05, 0) is 45.9 Å². The lowest BCUT2D eigenvalue weighted by molar-refractivity contribution is 0.0507. The van der Waals surface area contributed by atoms with Gasteiger partial charge >= 0.3 is 6.09 Å². The quantitative estimate of drug-likeness (QED) is 0.920. The number of carbonyl (C=O) groups is 1. The molecule has 5 nitrogen and oxygen atoms in total. The van der Waals surface area contributed by atoms with Crippen molar-refractivity contribution in [2.45, 2.75) is 39.3 Å². The highest BCUT2D eigenvalue weighted by Crippen LogP contribution is 2.29. The SMILES string of the molecule is COc1ccc(OC)c(C(C)NC(=O)OC(C)(C)C)c1. The second-order valence-corrected chi connectivity index (χ2v) is 5.48. The molecule has 0 aliphatic rings. The third-order valence-corrected chi connectivity index (χ3v) is 2.64. The van der Waals surface area contributed by atoms with Gasteiger partial charge in [-0.3, -0.25) is 0 Å². The lowest BCUT2D eigenvalue weighted by Gasteiger charge is -2.23. The van der Waals surface area contributed by atoms with Crippen LogP contribution in [0.25, 0.3) is 0 Å². The maximum atomic E-state index is 11.8. The summed E-state index contributed by atoms with van der Waals surface area (Å²) in [6.45, 7) is 7.33. The first-order valence-electron chi connectivity index (χ1n) is 6.48. The first-order valence-corrected chi connectivity index (χ1v) is 6.48. The molecule has 112 valence electrons. The Labute approximate surface area is 120 Å². The number of methoxy groups -OCH3 is 2. The summed E-state index contributed by atoms with van der Waals surface area (Å²) in [5, 5.41) is 2.78. The van der Waals surface area contributed by atoms with Crippen LogP contribution in [0.5, 0.6) is 11.5 Å². The molecule has 0 saturated heterocycles. The zero-order valence-electron chi connectivity index (χ0n) is 12.9. The standard InChI is InChI=1S/C15H23NO4/c1-10(16-14(17)20-15(2,3)4)12-9-11(18-5)7-8-13(12)19-6/h7-10H,1-6H3,(H,16,17). The molecule has 1 unspecified atom stereocenters. The van der Waals surface area contributed by atoms with Crippen molar-refractivity contribution in [2.75, 3.05) is 14.2 Å². The van der Waals surface area contributed by atoms with Gasteiger partial charge in [-0.2, -0.15) is 0 Å². The monoisotopic (exact) mass is 281 g/mol. The number of nitrogens with one attached hydrogen (secondary N) is 1. The molecule has 0 radical (unpaired) electrons. The summed E-state index contributed by atoms with van der Waals surface area (Å²) in [7, 11) is 3.18. The van der Waals surface area contributed by atoms with E-state index in [9.17, 15) is 4.79 Å². The van der Waals surface area contributed by atoms with Gasteiger partial charge in [0.2, 0.25) is 0 Å². The number of amides is 1. The molecule has 0 spiro atoms. The summed E-state index contributed by atoms with van der Waals surface area (Å²) in [6.07, 6.45) is -0.463. The number of carbonyl (C=O) groups excluding carboxylic acids is 1. The second-order valence-electron chi connectivity index (χ2n) is 5.48. The molecule has 0 aliphatic heterocycles. The first-order chi connectivity index (χ1) is 9.26. The van der Waals surface area contributed by atoms with Crippen LogP contribution in [-0.4, -0.2) is 25.9 Å². The van der Waals surface area contributed by atoms with Crippen molar-refractivity contribution in [3.63, 3.8) is 0 Å². The number of hydrogen-bond donors (Lipinski definition) is 1. The maximum absolute atomic E-state index is 11.8. The third-order valence-electron chi connectivity index (χ3n) is 2.64. The Bertz CT molecular complexity index is 465. The molecule has 0 fully saturated rings. The van der Waals surface area contributed by atoms with Crippen LogP contribution >= 0.6 is 0 Å². The van der Waals surface area contributed by atoms with E-state index >= 15 is 0 Å². The minimum atomic E-state index is -0.526. The molecule has 1 rings (SSSR count). The van der Waals surface area contributed by atoms with Crippen LogP contribution in [0.4, 0.5) is 4.79 Å². The number of rotatable bonds is 4. The zero-order chi connectivity index (χ0) is 15.3. The van der Waals surface area contributed by atoms with E-state index in [-0.39, 0.29) is 6.04 Å². The molecule has 1 N–H and O–H groups in total. The van der Waals surface area contributed by atoms with Gasteiger partial charge in [0.1, 0.15) is 17.1 Å². The van der Waals surface area contributed by atoms with Crippen LogP contribution < -0.4 is 14.8 Å². The molecule has 5 heteroatoms. The highest BCUT2D eigenvalue weighted by molar-refractivity contribution is 5.68. The van der Waals surface area contributed by atoms with E-state index in [0.717, 1.165) is 5.56 Å². The minimum Gasteiger partial charge on any atom is -0.497 e. The molecule has 1 aromatic rings. The highest BCUT2D eigenvalue weighted by Gasteiger charge is 2.20. The Morgan fingerprint density at radius 1 is 1.20 bits per heavy atom. The largest absolute Gasteiger partial charge is 0.497 e. The Morgan fingerprint density at radius 3 is 2.35 bits per heavy atom. The van der Waals surface area contributed by atoms with Crippen LogP contribution in [0.1, 0.15) is 39.3 Å². The molecule has 0 bridgehead atoms. The molecule has 0 heterocycles. The van der Waals surface area contributed by atoms with Crippen molar-refractivity contribution in [3.8, 4) is 11.5 Å². The zero-order valence-corrected chi connectivity index (χ0v) is 12.9. The van der Waals surface area contributed by atoms with E-state index in [1.165, 1.54) is 0 Å². The van der Waals surface area contributed by atoms with Gasteiger partial charge in [0.25, 0.3) is 0 Å². The number of alkyl carbamates (subject to hydrolysis) is 1. The average Bonchev–Trinajstić information content (AvgIpc) is 2.35. The topological polar surface area (TPSA) is 56.8 Å². The Morgan fingerprint density at radius 2 is 1.85 bits per heavy atom. The van der Waals surface area contributed by atoms with Gasteiger partial charge in [-0.15, -0.1) is 0 Å². The molecule has 0 aliphatic carbocycles. The molecule has 0 saturated carbocycles. The van der Waals surface area contributed by atoms with Crippen LogP contribution in [0.2, 0.25) is 0 Å². The fourth-order valence-corrected chi connectivity index (χ4v) is 1.74. The van der Waals surface area contributed by atoms with Crippen LogP contribution in [0, 0.1) is 0 Å². The van der Waals surface area contributed by atoms with Crippen LogP contribution in [0.3, 0.4) is 0 Å². The normalized spacial score (nSPS) is 12.5. The molecule has 1 aromatic carbocycles. The van der Waals surface area contributed by atoms with Gasteiger partial charge in [0, 0.05) is 5.56 Å². The maximum Gasteiger partial charge on any atom is 0.408 e. The van der Waals surface area contributed by atoms with Crippen LogP contribution in [-0.2, 0) is 4.74 Å². The Hall–Kier alpha value is -1.91. The molecule has 20 heavy (non-hydrogen) atoms. The lowest BCUT2D eigenvalue weighted by atomic mass is 10.1. The van der Waals surface area contributed by atoms with Crippen molar-refractivity contribution < 1.29 is 19.0 Å². The summed E-state index contributed by atoms with van der Waals surface area (Å²) in [5.74, 6) is 1.40. The average molecular weight is 281 g/mol. The summed E-state index contributed by atoms with van der Waals surface area (Å²) < 4.78 is 15.7. The molecule has 1 amide bonds. The molecule has 0 aromatic heterocycles. The second kappa shape index (κ2) is 6.50. The third kappa shape index (κ3) is 4.64.